The van der Waals surface area contributed by atoms with Crippen molar-refractivity contribution in [1.29, 1.82) is 0 Å². The standard InChI is InChI=1S/C16H23NO/c1-2-3-14-18-15-8-13-17-12-7-11-16-9-5-4-6-10-16/h4-6,9-10,17H,2-3,8,12-15H2,1H3. The molecule has 0 atom stereocenters. The van der Waals surface area contributed by atoms with Crippen LogP contribution in [0.5, 0.6) is 0 Å². The maximum atomic E-state index is 5.47. The van der Waals surface area contributed by atoms with Gasteiger partial charge in [-0.2, -0.15) is 0 Å². The number of benzene rings is 1. The van der Waals surface area contributed by atoms with Crippen LogP contribution in [-0.2, 0) is 4.74 Å². The van der Waals surface area contributed by atoms with E-state index in [2.05, 4.69) is 24.1 Å². The lowest BCUT2D eigenvalue weighted by molar-refractivity contribution is 0.129. The van der Waals surface area contributed by atoms with Gasteiger partial charge in [-0.05, 0) is 31.5 Å². The highest BCUT2D eigenvalue weighted by Crippen LogP contribution is 1.94. The molecule has 0 radical (unpaired) electrons. The second-order valence-corrected chi connectivity index (χ2v) is 4.16. The summed E-state index contributed by atoms with van der Waals surface area (Å²) in [4.78, 5) is 0. The van der Waals surface area contributed by atoms with E-state index in [1.807, 2.05) is 30.3 Å². The molecule has 0 aromatic heterocycles. The molecular formula is C16H23NO. The van der Waals surface area contributed by atoms with Gasteiger partial charge < -0.3 is 10.1 Å². The van der Waals surface area contributed by atoms with Crippen LogP contribution in [0.2, 0.25) is 0 Å². The molecule has 2 heteroatoms. The van der Waals surface area contributed by atoms with Crippen LogP contribution < -0.4 is 5.32 Å². The van der Waals surface area contributed by atoms with Crippen molar-refractivity contribution in [2.24, 2.45) is 0 Å². The average molecular weight is 245 g/mol. The molecule has 0 saturated carbocycles. The normalized spacial score (nSPS) is 9.83. The second kappa shape index (κ2) is 10.8. The summed E-state index contributed by atoms with van der Waals surface area (Å²) in [5.41, 5.74) is 1.07. The largest absolute Gasteiger partial charge is 0.381 e. The summed E-state index contributed by atoms with van der Waals surface area (Å²) in [6.07, 6.45) is 3.42. The first kappa shape index (κ1) is 14.8. The van der Waals surface area contributed by atoms with Gasteiger partial charge in [0.25, 0.3) is 0 Å². The molecular weight excluding hydrogens is 222 g/mol. The van der Waals surface area contributed by atoms with Crippen molar-refractivity contribution in [3.8, 4) is 11.8 Å². The first-order valence-electron chi connectivity index (χ1n) is 6.76. The highest BCUT2D eigenvalue weighted by atomic mass is 16.5. The summed E-state index contributed by atoms with van der Waals surface area (Å²) in [7, 11) is 0. The fourth-order valence-corrected chi connectivity index (χ4v) is 1.47. The summed E-state index contributed by atoms with van der Waals surface area (Å²) in [6, 6.07) is 10.1. The van der Waals surface area contributed by atoms with Crippen molar-refractivity contribution in [3.05, 3.63) is 35.9 Å². The van der Waals surface area contributed by atoms with E-state index in [-0.39, 0.29) is 0 Å². The minimum absolute atomic E-state index is 0.740. The van der Waals surface area contributed by atoms with Crippen molar-refractivity contribution in [2.75, 3.05) is 26.3 Å². The number of unbranched alkanes of at least 4 members (excludes halogenated alkanes) is 1. The van der Waals surface area contributed by atoms with Crippen molar-refractivity contribution in [2.45, 2.75) is 26.2 Å². The van der Waals surface area contributed by atoms with Gasteiger partial charge in [0.15, 0.2) is 0 Å². The van der Waals surface area contributed by atoms with Gasteiger partial charge in [0, 0.05) is 18.8 Å². The maximum absolute atomic E-state index is 5.47. The van der Waals surface area contributed by atoms with Crippen molar-refractivity contribution >= 4 is 0 Å². The lowest BCUT2D eigenvalue weighted by atomic mass is 10.2. The minimum atomic E-state index is 0.740. The summed E-state index contributed by atoms with van der Waals surface area (Å²) in [5.74, 6) is 6.23. The molecule has 18 heavy (non-hydrogen) atoms. The van der Waals surface area contributed by atoms with E-state index in [0.717, 1.165) is 44.7 Å². The maximum Gasteiger partial charge on any atom is 0.0580 e. The Hall–Kier alpha value is -1.30. The van der Waals surface area contributed by atoms with E-state index in [0.29, 0.717) is 0 Å². The van der Waals surface area contributed by atoms with Crippen molar-refractivity contribution < 1.29 is 4.74 Å². The predicted molar refractivity (Wildman–Crippen MR) is 76.5 cm³/mol. The molecule has 0 saturated heterocycles. The molecule has 0 fully saturated rings. The molecule has 0 spiro atoms. The van der Waals surface area contributed by atoms with Crippen LogP contribution in [0.25, 0.3) is 0 Å². The van der Waals surface area contributed by atoms with Gasteiger partial charge in [-0.3, -0.25) is 0 Å². The van der Waals surface area contributed by atoms with Crippen LogP contribution >= 0.6 is 0 Å². The van der Waals surface area contributed by atoms with Gasteiger partial charge in [0.2, 0.25) is 0 Å². The van der Waals surface area contributed by atoms with Crippen LogP contribution in [0.1, 0.15) is 31.7 Å². The van der Waals surface area contributed by atoms with Gasteiger partial charge >= 0.3 is 0 Å². The Balaban J connectivity index is 1.94. The monoisotopic (exact) mass is 245 g/mol. The number of hydrogen-bond acceptors (Lipinski definition) is 2. The van der Waals surface area contributed by atoms with Crippen LogP contribution in [0.4, 0.5) is 0 Å². The summed E-state index contributed by atoms with van der Waals surface area (Å²) < 4.78 is 5.47. The quantitative estimate of drug-likeness (QED) is 0.562. The number of ether oxygens (including phenoxy) is 1. The molecule has 1 aromatic carbocycles. The molecule has 0 aliphatic rings. The zero-order valence-corrected chi connectivity index (χ0v) is 11.2. The minimum Gasteiger partial charge on any atom is -0.381 e. The highest BCUT2D eigenvalue weighted by molar-refractivity contribution is 5.33. The van der Waals surface area contributed by atoms with Crippen LogP contribution in [0.15, 0.2) is 30.3 Å². The predicted octanol–water partition coefficient (Wildman–Crippen LogP) is 2.83. The van der Waals surface area contributed by atoms with Gasteiger partial charge in [-0.1, -0.05) is 43.4 Å². The molecule has 0 bridgehead atoms. The van der Waals surface area contributed by atoms with E-state index in [4.69, 9.17) is 4.74 Å². The molecule has 0 aliphatic heterocycles. The summed E-state index contributed by atoms with van der Waals surface area (Å²) >= 11 is 0. The summed E-state index contributed by atoms with van der Waals surface area (Å²) in [6.45, 7) is 5.62. The van der Waals surface area contributed by atoms with Crippen LogP contribution in [-0.4, -0.2) is 26.3 Å². The first-order chi connectivity index (χ1) is 8.93. The zero-order chi connectivity index (χ0) is 12.9. The third-order valence-corrected chi connectivity index (χ3v) is 2.50. The Bertz CT molecular complexity index is 350. The molecule has 0 amide bonds. The van der Waals surface area contributed by atoms with Gasteiger partial charge in [-0.25, -0.2) is 0 Å². The molecule has 0 aliphatic carbocycles. The molecule has 1 rings (SSSR count). The molecule has 0 unspecified atom stereocenters. The molecule has 1 aromatic rings. The van der Waals surface area contributed by atoms with E-state index >= 15 is 0 Å². The van der Waals surface area contributed by atoms with Crippen LogP contribution in [0, 0.1) is 11.8 Å². The Labute approximate surface area is 111 Å². The molecule has 1 N–H and O–H groups in total. The van der Waals surface area contributed by atoms with E-state index in [1.54, 1.807) is 0 Å². The third kappa shape index (κ3) is 7.89. The first-order valence-corrected chi connectivity index (χ1v) is 6.76. The number of nitrogens with one attached hydrogen (secondary N) is 1. The van der Waals surface area contributed by atoms with E-state index in [9.17, 15) is 0 Å². The van der Waals surface area contributed by atoms with Crippen LogP contribution in [0.3, 0.4) is 0 Å². The number of hydrogen-bond donors (Lipinski definition) is 1. The second-order valence-electron chi connectivity index (χ2n) is 4.16. The van der Waals surface area contributed by atoms with E-state index < -0.39 is 0 Å². The molecule has 2 nitrogen and oxygen atoms in total. The smallest absolute Gasteiger partial charge is 0.0580 e. The van der Waals surface area contributed by atoms with E-state index in [1.165, 1.54) is 6.42 Å². The fraction of sp³-hybridized carbons (Fsp3) is 0.500. The topological polar surface area (TPSA) is 21.3 Å². The Morgan fingerprint density at radius 3 is 2.67 bits per heavy atom. The fourth-order valence-electron chi connectivity index (χ4n) is 1.47. The lowest BCUT2D eigenvalue weighted by Crippen LogP contribution is -2.17. The number of rotatable bonds is 8. The van der Waals surface area contributed by atoms with Gasteiger partial charge in [0.1, 0.15) is 0 Å². The SMILES string of the molecule is CCCCOCCCNCC#Cc1ccccc1. The lowest BCUT2D eigenvalue weighted by Gasteiger charge is -2.02. The summed E-state index contributed by atoms with van der Waals surface area (Å²) in [5, 5.41) is 3.29. The Kier molecular flexibility index (Phi) is 8.88. The van der Waals surface area contributed by atoms with Gasteiger partial charge in [0.05, 0.1) is 6.54 Å². The zero-order valence-electron chi connectivity index (χ0n) is 11.2. The highest BCUT2D eigenvalue weighted by Gasteiger charge is 1.88. The van der Waals surface area contributed by atoms with Crippen molar-refractivity contribution in [3.63, 3.8) is 0 Å². The third-order valence-electron chi connectivity index (χ3n) is 2.50. The van der Waals surface area contributed by atoms with Crippen molar-refractivity contribution in [1.82, 2.24) is 5.32 Å². The Morgan fingerprint density at radius 1 is 1.11 bits per heavy atom. The average Bonchev–Trinajstić information content (AvgIpc) is 2.42. The molecule has 98 valence electrons. The van der Waals surface area contributed by atoms with Gasteiger partial charge in [-0.15, -0.1) is 0 Å². The Morgan fingerprint density at radius 2 is 1.89 bits per heavy atom. The molecule has 0 heterocycles.